The molecule has 100 valence electrons. The standard InChI is InChI=1S/C15H14BrClFN/c1-19(10-11-4-2-3-5-14(11)18)15-7-6-13(16)8-12(15)9-17/h2-8H,9-10H2,1H3. The lowest BCUT2D eigenvalue weighted by atomic mass is 10.1. The highest BCUT2D eigenvalue weighted by atomic mass is 79.9. The second-order valence-corrected chi connectivity index (χ2v) is 5.54. The zero-order valence-electron chi connectivity index (χ0n) is 10.5. The number of nitrogens with zero attached hydrogens (tertiary/aromatic N) is 1. The summed E-state index contributed by atoms with van der Waals surface area (Å²) in [6.45, 7) is 0.512. The summed E-state index contributed by atoms with van der Waals surface area (Å²) in [4.78, 5) is 2.00. The van der Waals surface area contributed by atoms with Crippen molar-refractivity contribution in [2.24, 2.45) is 0 Å². The Morgan fingerprint density at radius 1 is 1.16 bits per heavy atom. The molecule has 0 aliphatic rings. The molecule has 0 heterocycles. The summed E-state index contributed by atoms with van der Waals surface area (Å²) >= 11 is 9.39. The van der Waals surface area contributed by atoms with Crippen LogP contribution in [0.25, 0.3) is 0 Å². The minimum absolute atomic E-state index is 0.182. The van der Waals surface area contributed by atoms with Crippen molar-refractivity contribution in [3.05, 3.63) is 63.9 Å². The first-order valence-corrected chi connectivity index (χ1v) is 7.23. The number of benzene rings is 2. The van der Waals surface area contributed by atoms with Crippen molar-refractivity contribution >= 4 is 33.2 Å². The van der Waals surface area contributed by atoms with Gasteiger partial charge in [0.15, 0.2) is 0 Å². The highest BCUT2D eigenvalue weighted by Crippen LogP contribution is 2.26. The Morgan fingerprint density at radius 2 is 1.89 bits per heavy atom. The lowest BCUT2D eigenvalue weighted by molar-refractivity contribution is 0.608. The van der Waals surface area contributed by atoms with Crippen LogP contribution in [0, 0.1) is 5.82 Å². The molecule has 0 unspecified atom stereocenters. The van der Waals surface area contributed by atoms with Crippen LogP contribution in [-0.2, 0) is 12.4 Å². The summed E-state index contributed by atoms with van der Waals surface area (Å²) in [5, 5.41) is 0. The lowest BCUT2D eigenvalue weighted by Gasteiger charge is -2.22. The maximum Gasteiger partial charge on any atom is 0.128 e. The van der Waals surface area contributed by atoms with Gasteiger partial charge in [0.1, 0.15) is 5.82 Å². The van der Waals surface area contributed by atoms with Crippen molar-refractivity contribution in [1.29, 1.82) is 0 Å². The van der Waals surface area contributed by atoms with E-state index >= 15 is 0 Å². The maximum absolute atomic E-state index is 13.7. The summed E-state index contributed by atoms with van der Waals surface area (Å²) in [7, 11) is 1.94. The second kappa shape index (κ2) is 6.40. The molecule has 1 nitrogen and oxygen atoms in total. The average molecular weight is 343 g/mol. The molecule has 0 bridgehead atoms. The highest BCUT2D eigenvalue weighted by Gasteiger charge is 2.10. The summed E-state index contributed by atoms with van der Waals surface area (Å²) in [6, 6.07) is 12.8. The molecule has 0 radical (unpaired) electrons. The van der Waals surface area contributed by atoms with E-state index in [1.54, 1.807) is 12.1 Å². The van der Waals surface area contributed by atoms with Crippen LogP contribution in [0.3, 0.4) is 0 Å². The minimum atomic E-state index is -0.182. The summed E-state index contributed by atoms with van der Waals surface area (Å²) in [5.74, 6) is 0.245. The van der Waals surface area contributed by atoms with Gasteiger partial charge in [0.2, 0.25) is 0 Å². The van der Waals surface area contributed by atoms with Gasteiger partial charge in [-0.05, 0) is 29.8 Å². The Labute approximate surface area is 126 Å². The molecule has 0 saturated heterocycles. The molecule has 19 heavy (non-hydrogen) atoms. The first-order chi connectivity index (χ1) is 9.11. The molecule has 0 fully saturated rings. The van der Waals surface area contributed by atoms with E-state index in [9.17, 15) is 4.39 Å². The first kappa shape index (κ1) is 14.4. The van der Waals surface area contributed by atoms with Gasteiger partial charge in [0.25, 0.3) is 0 Å². The van der Waals surface area contributed by atoms with Gasteiger partial charge in [0.05, 0.1) is 0 Å². The van der Waals surface area contributed by atoms with Crippen molar-refractivity contribution in [3.8, 4) is 0 Å². The van der Waals surface area contributed by atoms with Crippen LogP contribution in [0.5, 0.6) is 0 Å². The highest BCUT2D eigenvalue weighted by molar-refractivity contribution is 9.10. The molecule has 0 saturated carbocycles. The van der Waals surface area contributed by atoms with Crippen molar-refractivity contribution in [2.45, 2.75) is 12.4 Å². The van der Waals surface area contributed by atoms with E-state index in [0.29, 0.717) is 18.0 Å². The van der Waals surface area contributed by atoms with E-state index in [-0.39, 0.29) is 5.82 Å². The number of alkyl halides is 1. The zero-order chi connectivity index (χ0) is 13.8. The van der Waals surface area contributed by atoms with Gasteiger partial charge in [-0.25, -0.2) is 4.39 Å². The third-order valence-electron chi connectivity index (χ3n) is 2.96. The predicted octanol–water partition coefficient (Wildman–Crippen LogP) is 4.96. The topological polar surface area (TPSA) is 3.24 Å². The predicted molar refractivity (Wildman–Crippen MR) is 82.2 cm³/mol. The molecule has 4 heteroatoms. The molecule has 2 aromatic rings. The Hall–Kier alpha value is -1.06. The molecule has 0 aliphatic carbocycles. The van der Waals surface area contributed by atoms with Gasteiger partial charge in [-0.3, -0.25) is 0 Å². The van der Waals surface area contributed by atoms with E-state index in [0.717, 1.165) is 15.7 Å². The van der Waals surface area contributed by atoms with Crippen LogP contribution in [-0.4, -0.2) is 7.05 Å². The van der Waals surface area contributed by atoms with Gasteiger partial charge in [-0.2, -0.15) is 0 Å². The zero-order valence-corrected chi connectivity index (χ0v) is 12.9. The molecule has 0 amide bonds. The molecule has 2 rings (SSSR count). The molecule has 2 aromatic carbocycles. The van der Waals surface area contributed by atoms with Gasteiger partial charge >= 0.3 is 0 Å². The Morgan fingerprint density at radius 3 is 2.58 bits per heavy atom. The summed E-state index contributed by atoms with van der Waals surface area (Å²) in [5.41, 5.74) is 2.71. The monoisotopic (exact) mass is 341 g/mol. The van der Waals surface area contributed by atoms with Gasteiger partial charge < -0.3 is 4.90 Å². The van der Waals surface area contributed by atoms with Crippen LogP contribution in [0.1, 0.15) is 11.1 Å². The minimum Gasteiger partial charge on any atom is -0.370 e. The number of hydrogen-bond acceptors (Lipinski definition) is 1. The third kappa shape index (κ3) is 3.48. The molecule has 0 aliphatic heterocycles. The van der Waals surface area contributed by atoms with Crippen LogP contribution < -0.4 is 4.90 Å². The van der Waals surface area contributed by atoms with E-state index in [1.165, 1.54) is 6.07 Å². The number of hydrogen-bond donors (Lipinski definition) is 0. The lowest BCUT2D eigenvalue weighted by Crippen LogP contribution is -2.18. The molecular weight excluding hydrogens is 329 g/mol. The summed E-state index contributed by atoms with van der Waals surface area (Å²) in [6.07, 6.45) is 0. The van der Waals surface area contributed by atoms with Gasteiger partial charge in [-0.15, -0.1) is 11.6 Å². The molecule has 0 aromatic heterocycles. The molecule has 0 N–H and O–H groups in total. The molecule has 0 atom stereocenters. The molecular formula is C15H14BrClFN. The number of halogens is 3. The average Bonchev–Trinajstić information content (AvgIpc) is 2.41. The number of rotatable bonds is 4. The van der Waals surface area contributed by atoms with E-state index < -0.39 is 0 Å². The van der Waals surface area contributed by atoms with E-state index in [2.05, 4.69) is 15.9 Å². The van der Waals surface area contributed by atoms with Crippen molar-refractivity contribution in [3.63, 3.8) is 0 Å². The largest absolute Gasteiger partial charge is 0.370 e. The fraction of sp³-hybridized carbons (Fsp3) is 0.200. The first-order valence-electron chi connectivity index (χ1n) is 5.90. The van der Waals surface area contributed by atoms with Crippen molar-refractivity contribution < 1.29 is 4.39 Å². The van der Waals surface area contributed by atoms with Crippen LogP contribution in [0.4, 0.5) is 10.1 Å². The quantitative estimate of drug-likeness (QED) is 0.710. The van der Waals surface area contributed by atoms with Gasteiger partial charge in [-0.1, -0.05) is 34.1 Å². The fourth-order valence-corrected chi connectivity index (χ4v) is 2.62. The number of anilines is 1. The maximum atomic E-state index is 13.7. The Bertz CT molecular complexity index is 574. The van der Waals surface area contributed by atoms with E-state index in [4.69, 9.17) is 11.6 Å². The van der Waals surface area contributed by atoms with Crippen molar-refractivity contribution in [2.75, 3.05) is 11.9 Å². The van der Waals surface area contributed by atoms with E-state index in [1.807, 2.05) is 36.2 Å². The van der Waals surface area contributed by atoms with Crippen molar-refractivity contribution in [1.82, 2.24) is 0 Å². The van der Waals surface area contributed by atoms with Crippen LogP contribution >= 0.6 is 27.5 Å². The summed E-state index contributed by atoms with van der Waals surface area (Å²) < 4.78 is 14.6. The molecule has 0 spiro atoms. The Balaban J connectivity index is 2.25. The normalized spacial score (nSPS) is 10.5. The Kier molecular flexibility index (Phi) is 4.83. The second-order valence-electron chi connectivity index (χ2n) is 4.35. The van der Waals surface area contributed by atoms with Crippen LogP contribution in [0.2, 0.25) is 0 Å². The van der Waals surface area contributed by atoms with Crippen LogP contribution in [0.15, 0.2) is 46.9 Å². The van der Waals surface area contributed by atoms with Gasteiger partial charge in [0, 0.05) is 35.2 Å². The fourth-order valence-electron chi connectivity index (χ4n) is 2.00. The smallest absolute Gasteiger partial charge is 0.128 e. The SMILES string of the molecule is CN(Cc1ccccc1F)c1ccc(Br)cc1CCl. The third-order valence-corrected chi connectivity index (χ3v) is 3.74.